The van der Waals surface area contributed by atoms with Crippen LogP contribution in [0.1, 0.15) is 24.6 Å². The standard InChI is InChI=1S/C29H29F4N3O3/c1-17-21(11-20(14-34-17)35-27(38)10-18-5-3-4-6-23(18)29(31,32)33)22-12-25-19(9-24(22)30)13-28(2,16-37)26-15-39-8-7-36(25)26/h3-4,6,9-12,14,26,37H,5,7-8,13,15-16H2,1-2H3,(H,35,38)/b18-10+/t26?,28-/m1/s1. The number of fused-ring (bicyclic) bond motifs is 3. The number of ether oxygens (including phenoxy) is 1. The topological polar surface area (TPSA) is 74.7 Å². The third-order valence-electron chi connectivity index (χ3n) is 7.70. The number of anilines is 2. The number of halogens is 4. The molecular formula is C29H29F4N3O3. The Morgan fingerprint density at radius 1 is 1.31 bits per heavy atom. The van der Waals surface area contributed by atoms with E-state index in [2.05, 4.69) is 15.2 Å². The zero-order valence-corrected chi connectivity index (χ0v) is 21.6. The highest BCUT2D eigenvalue weighted by Crippen LogP contribution is 2.45. The Hall–Kier alpha value is -3.50. The molecule has 1 saturated heterocycles. The van der Waals surface area contributed by atoms with Crippen molar-refractivity contribution >= 4 is 17.3 Å². The molecule has 1 unspecified atom stereocenters. The number of nitrogens with one attached hydrogen (secondary N) is 1. The Morgan fingerprint density at radius 2 is 2.10 bits per heavy atom. The SMILES string of the molecule is Cc1ncc(NC(=O)/C=C2\CC=CC=C2C(F)(F)F)cc1-c1cc2c(cc1F)C[C@](C)(CO)C1COCCN21. The molecule has 6 nitrogen and oxygen atoms in total. The molecule has 10 heteroatoms. The van der Waals surface area contributed by atoms with E-state index in [4.69, 9.17) is 4.74 Å². The monoisotopic (exact) mass is 543 g/mol. The van der Waals surface area contributed by atoms with Gasteiger partial charge in [0.2, 0.25) is 5.91 Å². The fourth-order valence-corrected chi connectivity index (χ4v) is 5.60. The number of aliphatic hydroxyl groups is 1. The lowest BCUT2D eigenvalue weighted by molar-refractivity contribution is -0.112. The van der Waals surface area contributed by atoms with E-state index in [9.17, 15) is 23.1 Å². The van der Waals surface area contributed by atoms with Crippen LogP contribution in [0.2, 0.25) is 0 Å². The minimum absolute atomic E-state index is 0.0195. The molecule has 1 amide bonds. The van der Waals surface area contributed by atoms with Crippen LogP contribution in [0, 0.1) is 18.2 Å². The van der Waals surface area contributed by atoms with Gasteiger partial charge in [0.15, 0.2) is 0 Å². The Balaban J connectivity index is 1.46. The molecule has 1 aromatic carbocycles. The molecule has 2 aliphatic heterocycles. The van der Waals surface area contributed by atoms with E-state index < -0.39 is 28.9 Å². The van der Waals surface area contributed by atoms with E-state index in [1.54, 1.807) is 25.1 Å². The van der Waals surface area contributed by atoms with Gasteiger partial charge in [-0.05, 0) is 49.1 Å². The molecule has 39 heavy (non-hydrogen) atoms. The molecule has 206 valence electrons. The normalized spacial score (nSPS) is 23.8. The van der Waals surface area contributed by atoms with Crippen molar-refractivity contribution in [2.24, 2.45) is 5.41 Å². The van der Waals surface area contributed by atoms with Gasteiger partial charge in [0.05, 0.1) is 43.3 Å². The van der Waals surface area contributed by atoms with E-state index in [1.165, 1.54) is 18.3 Å². The number of carbonyl (C=O) groups excluding carboxylic acids is 1. The van der Waals surface area contributed by atoms with Crippen molar-refractivity contribution in [3.63, 3.8) is 0 Å². The molecule has 2 atom stereocenters. The number of hydrogen-bond acceptors (Lipinski definition) is 5. The van der Waals surface area contributed by atoms with Crippen LogP contribution in [-0.4, -0.2) is 54.6 Å². The van der Waals surface area contributed by atoms with Gasteiger partial charge in [-0.2, -0.15) is 13.2 Å². The number of allylic oxidation sites excluding steroid dienone is 5. The summed E-state index contributed by atoms with van der Waals surface area (Å²) in [5, 5.41) is 12.7. The highest BCUT2D eigenvalue weighted by Gasteiger charge is 2.45. The first-order valence-corrected chi connectivity index (χ1v) is 12.7. The average molecular weight is 544 g/mol. The van der Waals surface area contributed by atoms with Gasteiger partial charge < -0.3 is 20.1 Å². The van der Waals surface area contributed by atoms with Gasteiger partial charge in [-0.25, -0.2) is 4.39 Å². The fraction of sp³-hybridized carbons (Fsp3) is 0.379. The van der Waals surface area contributed by atoms with Crippen molar-refractivity contribution < 1.29 is 32.2 Å². The summed E-state index contributed by atoms with van der Waals surface area (Å²) in [6.45, 7) is 5.21. The van der Waals surface area contributed by atoms with Crippen LogP contribution < -0.4 is 10.2 Å². The Bertz CT molecular complexity index is 1400. The Morgan fingerprint density at radius 3 is 2.85 bits per heavy atom. The zero-order chi connectivity index (χ0) is 27.9. The lowest BCUT2D eigenvalue weighted by Gasteiger charge is -2.51. The lowest BCUT2D eigenvalue weighted by atomic mass is 9.72. The number of aryl methyl sites for hydroxylation is 1. The fourth-order valence-electron chi connectivity index (χ4n) is 5.60. The average Bonchev–Trinajstić information content (AvgIpc) is 2.89. The summed E-state index contributed by atoms with van der Waals surface area (Å²) in [6, 6.07) is 4.76. The van der Waals surface area contributed by atoms with Gasteiger partial charge in [0.25, 0.3) is 0 Å². The quantitative estimate of drug-likeness (QED) is 0.406. The number of morpholine rings is 1. The number of benzene rings is 1. The molecule has 5 rings (SSSR count). The van der Waals surface area contributed by atoms with Crippen molar-refractivity contribution in [3.05, 3.63) is 76.9 Å². The first-order chi connectivity index (χ1) is 18.5. The number of hydrogen-bond donors (Lipinski definition) is 2. The molecule has 1 aromatic heterocycles. The van der Waals surface area contributed by atoms with Crippen LogP contribution in [0.25, 0.3) is 11.1 Å². The lowest BCUT2D eigenvalue weighted by Crippen LogP contribution is -2.59. The largest absolute Gasteiger partial charge is 0.416 e. The predicted molar refractivity (Wildman–Crippen MR) is 140 cm³/mol. The van der Waals surface area contributed by atoms with Crippen LogP contribution in [0.4, 0.5) is 28.9 Å². The summed E-state index contributed by atoms with van der Waals surface area (Å²) in [4.78, 5) is 19.1. The minimum atomic E-state index is -4.58. The molecule has 2 N–H and O–H groups in total. The maximum atomic E-state index is 15.5. The van der Waals surface area contributed by atoms with Crippen LogP contribution in [0.3, 0.4) is 0 Å². The van der Waals surface area contributed by atoms with Gasteiger partial charge in [-0.15, -0.1) is 0 Å². The third kappa shape index (κ3) is 5.23. The second kappa shape index (κ2) is 10.2. The van der Waals surface area contributed by atoms with Gasteiger partial charge >= 0.3 is 6.18 Å². The van der Waals surface area contributed by atoms with Crippen LogP contribution >= 0.6 is 0 Å². The van der Waals surface area contributed by atoms with Crippen molar-refractivity contribution in [2.75, 3.05) is 36.6 Å². The van der Waals surface area contributed by atoms with Crippen molar-refractivity contribution in [1.82, 2.24) is 4.98 Å². The number of alkyl halides is 3. The molecule has 3 aliphatic rings. The molecule has 0 bridgehead atoms. The highest BCUT2D eigenvalue weighted by atomic mass is 19.4. The summed E-state index contributed by atoms with van der Waals surface area (Å²) >= 11 is 0. The third-order valence-corrected chi connectivity index (χ3v) is 7.70. The van der Waals surface area contributed by atoms with Crippen LogP contribution in [-0.2, 0) is 16.0 Å². The summed E-state index contributed by atoms with van der Waals surface area (Å²) in [7, 11) is 0. The number of amides is 1. The van der Waals surface area contributed by atoms with E-state index in [0.717, 1.165) is 23.4 Å². The molecule has 0 saturated carbocycles. The Labute approximate surface area is 223 Å². The number of pyridine rings is 1. The number of aromatic nitrogens is 1. The Kier molecular flexibility index (Phi) is 7.11. The number of rotatable bonds is 4. The van der Waals surface area contributed by atoms with E-state index in [-0.39, 0.29) is 30.3 Å². The molecule has 1 aliphatic carbocycles. The van der Waals surface area contributed by atoms with Gasteiger partial charge in [-0.3, -0.25) is 9.78 Å². The molecule has 2 aromatic rings. The zero-order valence-electron chi connectivity index (χ0n) is 21.6. The van der Waals surface area contributed by atoms with Crippen LogP contribution in [0.5, 0.6) is 0 Å². The molecule has 1 fully saturated rings. The maximum Gasteiger partial charge on any atom is 0.416 e. The number of nitrogens with zero attached hydrogens (tertiary/aromatic N) is 2. The molecule has 3 heterocycles. The van der Waals surface area contributed by atoms with Gasteiger partial charge in [0, 0.05) is 40.5 Å². The van der Waals surface area contributed by atoms with Crippen LogP contribution in [0.15, 0.2) is 59.8 Å². The summed E-state index contributed by atoms with van der Waals surface area (Å²) < 4.78 is 61.2. The van der Waals surface area contributed by atoms with Crippen molar-refractivity contribution in [1.29, 1.82) is 0 Å². The molecular weight excluding hydrogens is 514 g/mol. The van der Waals surface area contributed by atoms with Gasteiger partial charge in [0.1, 0.15) is 5.82 Å². The van der Waals surface area contributed by atoms with E-state index in [0.29, 0.717) is 43.0 Å². The smallest absolute Gasteiger partial charge is 0.396 e. The number of aliphatic hydroxyl groups excluding tert-OH is 1. The van der Waals surface area contributed by atoms with Crippen molar-refractivity contribution in [2.45, 2.75) is 38.9 Å². The van der Waals surface area contributed by atoms with E-state index in [1.807, 2.05) is 6.92 Å². The van der Waals surface area contributed by atoms with Gasteiger partial charge in [-0.1, -0.05) is 25.2 Å². The van der Waals surface area contributed by atoms with Crippen molar-refractivity contribution in [3.8, 4) is 11.1 Å². The first-order valence-electron chi connectivity index (χ1n) is 12.7. The minimum Gasteiger partial charge on any atom is -0.396 e. The molecule has 0 spiro atoms. The summed E-state index contributed by atoms with van der Waals surface area (Å²) in [5.41, 5.74) is 1.69. The second-order valence-corrected chi connectivity index (χ2v) is 10.5. The first kappa shape index (κ1) is 27.1. The molecule has 0 radical (unpaired) electrons. The van der Waals surface area contributed by atoms with E-state index >= 15 is 4.39 Å². The summed E-state index contributed by atoms with van der Waals surface area (Å²) in [6.07, 6.45) is 2.00. The maximum absolute atomic E-state index is 15.5. The summed E-state index contributed by atoms with van der Waals surface area (Å²) in [5.74, 6) is -1.21. The highest BCUT2D eigenvalue weighted by molar-refractivity contribution is 6.00. The number of carbonyl (C=O) groups is 1. The second-order valence-electron chi connectivity index (χ2n) is 10.5. The predicted octanol–water partition coefficient (Wildman–Crippen LogP) is 5.27.